The number of carbonyl (C=O) groups excluding carboxylic acids is 3. The number of hydrogen-bond acceptors (Lipinski definition) is 5. The highest BCUT2D eigenvalue weighted by Crippen LogP contribution is 2.30. The second kappa shape index (κ2) is 14.1. The van der Waals surface area contributed by atoms with Gasteiger partial charge < -0.3 is 20.1 Å². The van der Waals surface area contributed by atoms with Gasteiger partial charge in [0.2, 0.25) is 11.8 Å². The van der Waals surface area contributed by atoms with Crippen LogP contribution in [0.1, 0.15) is 63.4 Å². The van der Waals surface area contributed by atoms with Gasteiger partial charge >= 0.3 is 5.97 Å². The predicted molar refractivity (Wildman–Crippen MR) is 143 cm³/mol. The number of nitrogens with one attached hydrogen (secondary N) is 1. The Balaban J connectivity index is 1.57. The van der Waals surface area contributed by atoms with E-state index in [9.17, 15) is 19.5 Å². The summed E-state index contributed by atoms with van der Waals surface area (Å²) in [6.45, 7) is 8.20. The number of nitrogens with zero attached hydrogens (tertiary/aromatic N) is 1. The van der Waals surface area contributed by atoms with Crippen molar-refractivity contribution < 1.29 is 24.2 Å². The number of aliphatic hydroxyl groups is 1. The number of esters is 1. The molecule has 2 aliphatic rings. The highest BCUT2D eigenvalue weighted by Gasteiger charge is 2.38. The summed E-state index contributed by atoms with van der Waals surface area (Å²) in [5.41, 5.74) is 0.500. The lowest BCUT2D eigenvalue weighted by molar-refractivity contribution is -0.152. The minimum absolute atomic E-state index is 0.0497. The van der Waals surface area contributed by atoms with E-state index in [1.54, 1.807) is 17.1 Å². The molecule has 37 heavy (non-hydrogen) atoms. The summed E-state index contributed by atoms with van der Waals surface area (Å²) < 4.78 is 5.72. The van der Waals surface area contributed by atoms with Crippen LogP contribution in [0.25, 0.3) is 0 Å². The van der Waals surface area contributed by atoms with E-state index in [4.69, 9.17) is 4.74 Å². The van der Waals surface area contributed by atoms with E-state index >= 15 is 0 Å². The second-order valence-electron chi connectivity index (χ2n) is 10.5. The Hall–Kier alpha value is -2.93. The molecule has 3 rings (SSSR count). The van der Waals surface area contributed by atoms with Gasteiger partial charge in [-0.1, -0.05) is 55.3 Å². The van der Waals surface area contributed by atoms with Crippen molar-refractivity contribution in [3.63, 3.8) is 0 Å². The van der Waals surface area contributed by atoms with Gasteiger partial charge in [0, 0.05) is 13.0 Å². The van der Waals surface area contributed by atoms with E-state index in [-0.39, 0.29) is 49.4 Å². The van der Waals surface area contributed by atoms with Crippen LogP contribution in [0.5, 0.6) is 0 Å². The molecule has 1 aliphatic heterocycles. The summed E-state index contributed by atoms with van der Waals surface area (Å²) in [7, 11) is 0. The van der Waals surface area contributed by atoms with E-state index in [0.717, 1.165) is 44.1 Å². The molecule has 1 heterocycles. The molecular formula is C30H42N2O5. The first-order chi connectivity index (χ1) is 17.9. The van der Waals surface area contributed by atoms with Gasteiger partial charge in [0.05, 0.1) is 30.0 Å². The van der Waals surface area contributed by atoms with Crippen molar-refractivity contribution in [2.45, 2.75) is 75.8 Å². The van der Waals surface area contributed by atoms with Gasteiger partial charge in [-0.05, 0) is 50.5 Å². The molecule has 7 nitrogen and oxygen atoms in total. The minimum atomic E-state index is -0.565. The average Bonchev–Trinajstić information content (AvgIpc) is 3.57. The fourth-order valence-corrected chi connectivity index (χ4v) is 5.61. The van der Waals surface area contributed by atoms with Crippen molar-refractivity contribution in [3.8, 4) is 0 Å². The molecule has 202 valence electrons. The summed E-state index contributed by atoms with van der Waals surface area (Å²) in [5.74, 6) is -1.46. The molecule has 1 aromatic rings. The van der Waals surface area contributed by atoms with E-state index in [1.807, 2.05) is 30.3 Å². The summed E-state index contributed by atoms with van der Waals surface area (Å²) in [4.78, 5) is 41.0. The Bertz CT molecular complexity index is 925. The lowest BCUT2D eigenvalue weighted by Crippen LogP contribution is -2.50. The third-order valence-corrected chi connectivity index (χ3v) is 7.69. The molecule has 0 bridgehead atoms. The van der Waals surface area contributed by atoms with Crippen LogP contribution in [-0.2, 0) is 25.5 Å². The Morgan fingerprint density at radius 2 is 1.76 bits per heavy atom. The SMILES string of the molecule is C=CCC(Cc1ccccc1)C(=O)OCC1CCCN1C(=O)C(CC=C)CC(=O)NC1(CO)CCCC1. The summed E-state index contributed by atoms with van der Waals surface area (Å²) in [6.07, 6.45) is 9.98. The molecule has 1 aliphatic carbocycles. The molecular weight excluding hydrogens is 468 g/mol. The first kappa shape index (κ1) is 28.6. The second-order valence-corrected chi connectivity index (χ2v) is 10.5. The maximum Gasteiger partial charge on any atom is 0.309 e. The van der Waals surface area contributed by atoms with Crippen molar-refractivity contribution in [1.29, 1.82) is 0 Å². The number of aliphatic hydroxyl groups excluding tert-OH is 1. The lowest BCUT2D eigenvalue weighted by atomic mass is 9.95. The summed E-state index contributed by atoms with van der Waals surface area (Å²) in [5, 5.41) is 12.8. The molecule has 2 fully saturated rings. The van der Waals surface area contributed by atoms with Crippen LogP contribution in [0.4, 0.5) is 0 Å². The summed E-state index contributed by atoms with van der Waals surface area (Å²) >= 11 is 0. The molecule has 1 saturated heterocycles. The van der Waals surface area contributed by atoms with E-state index < -0.39 is 11.5 Å². The highest BCUT2D eigenvalue weighted by atomic mass is 16.5. The first-order valence-corrected chi connectivity index (χ1v) is 13.6. The molecule has 0 spiro atoms. The van der Waals surface area contributed by atoms with E-state index in [1.165, 1.54) is 0 Å². The van der Waals surface area contributed by atoms with Crippen molar-refractivity contribution in [1.82, 2.24) is 10.2 Å². The lowest BCUT2D eigenvalue weighted by Gasteiger charge is -2.31. The maximum atomic E-state index is 13.5. The van der Waals surface area contributed by atoms with Gasteiger partial charge in [0.25, 0.3) is 0 Å². The average molecular weight is 511 g/mol. The van der Waals surface area contributed by atoms with Crippen LogP contribution in [0.15, 0.2) is 55.6 Å². The monoisotopic (exact) mass is 510 g/mol. The Labute approximate surface area is 221 Å². The fourth-order valence-electron chi connectivity index (χ4n) is 5.61. The molecule has 2 amide bonds. The molecule has 7 heteroatoms. The number of likely N-dealkylation sites (tertiary alicyclic amines) is 1. The smallest absolute Gasteiger partial charge is 0.309 e. The largest absolute Gasteiger partial charge is 0.463 e. The zero-order valence-corrected chi connectivity index (χ0v) is 21.9. The Morgan fingerprint density at radius 3 is 2.41 bits per heavy atom. The van der Waals surface area contributed by atoms with Crippen LogP contribution in [0.2, 0.25) is 0 Å². The highest BCUT2D eigenvalue weighted by molar-refractivity contribution is 5.86. The molecule has 0 aromatic heterocycles. The van der Waals surface area contributed by atoms with Gasteiger partial charge in [-0.25, -0.2) is 0 Å². The quantitative estimate of drug-likeness (QED) is 0.292. The number of ether oxygens (including phenoxy) is 1. The van der Waals surface area contributed by atoms with E-state index in [2.05, 4.69) is 18.5 Å². The zero-order valence-electron chi connectivity index (χ0n) is 21.9. The minimum Gasteiger partial charge on any atom is -0.463 e. The van der Waals surface area contributed by atoms with Crippen LogP contribution in [-0.4, -0.2) is 59.1 Å². The van der Waals surface area contributed by atoms with Gasteiger partial charge in [-0.2, -0.15) is 0 Å². The van der Waals surface area contributed by atoms with Crippen LogP contribution < -0.4 is 5.32 Å². The number of allylic oxidation sites excluding steroid dienone is 2. The number of hydrogen-bond donors (Lipinski definition) is 2. The third-order valence-electron chi connectivity index (χ3n) is 7.69. The molecule has 3 unspecified atom stereocenters. The van der Waals surface area contributed by atoms with Crippen LogP contribution in [0, 0.1) is 11.8 Å². The number of rotatable bonds is 14. The van der Waals surface area contributed by atoms with Crippen LogP contribution in [0.3, 0.4) is 0 Å². The van der Waals surface area contributed by atoms with Crippen molar-refractivity contribution in [2.24, 2.45) is 11.8 Å². The van der Waals surface area contributed by atoms with Gasteiger partial charge in [0.15, 0.2) is 0 Å². The number of carbonyl (C=O) groups is 3. The van der Waals surface area contributed by atoms with Crippen molar-refractivity contribution in [2.75, 3.05) is 19.8 Å². The standard InChI is InChI=1S/C30H42N2O5/c1-3-11-24(20-27(34)31-30(22-33)16-8-9-17-30)28(35)32-18-10-15-26(32)21-37-29(36)25(12-4-2)19-23-13-6-5-7-14-23/h3-7,13-14,24-26,33H,1-2,8-12,15-22H2,(H,31,34). The van der Waals surface area contributed by atoms with Gasteiger partial charge in [-0.15, -0.1) is 13.2 Å². The Morgan fingerprint density at radius 1 is 1.08 bits per heavy atom. The van der Waals surface area contributed by atoms with Gasteiger partial charge in [0.1, 0.15) is 6.61 Å². The zero-order chi connectivity index (χ0) is 26.7. The fraction of sp³-hybridized carbons (Fsp3) is 0.567. The maximum absolute atomic E-state index is 13.5. The summed E-state index contributed by atoms with van der Waals surface area (Å²) in [6, 6.07) is 9.62. The molecule has 1 saturated carbocycles. The first-order valence-electron chi connectivity index (χ1n) is 13.6. The molecule has 1 aromatic carbocycles. The van der Waals surface area contributed by atoms with Crippen molar-refractivity contribution >= 4 is 17.8 Å². The normalized spacial score (nSPS) is 20.1. The van der Waals surface area contributed by atoms with Crippen molar-refractivity contribution in [3.05, 3.63) is 61.2 Å². The van der Waals surface area contributed by atoms with E-state index in [0.29, 0.717) is 25.8 Å². The topological polar surface area (TPSA) is 95.9 Å². The molecule has 0 radical (unpaired) electrons. The number of benzene rings is 1. The van der Waals surface area contributed by atoms with Crippen LogP contribution >= 0.6 is 0 Å². The predicted octanol–water partition coefficient (Wildman–Crippen LogP) is 3.96. The van der Waals surface area contributed by atoms with Gasteiger partial charge in [-0.3, -0.25) is 14.4 Å². The molecule has 2 N–H and O–H groups in total. The number of amides is 2. The third kappa shape index (κ3) is 8.03. The Kier molecular flexibility index (Phi) is 10.9. The molecule has 3 atom stereocenters.